The number of unbranched alkanes of at least 4 members (excludes halogenated alkanes) is 22. The Labute approximate surface area is 423 Å². The van der Waals surface area contributed by atoms with Crippen LogP contribution in [0.25, 0.3) is 0 Å². The molecule has 0 spiro atoms. The second kappa shape index (κ2) is 54.3. The van der Waals surface area contributed by atoms with Crippen LogP contribution in [-0.2, 0) is 32.7 Å². The molecule has 0 aliphatic heterocycles. The van der Waals surface area contributed by atoms with Gasteiger partial charge in [-0.25, -0.2) is 4.57 Å². The summed E-state index contributed by atoms with van der Waals surface area (Å²) in [5.41, 5.74) is 5.37. The van der Waals surface area contributed by atoms with Crippen molar-refractivity contribution < 1.29 is 37.6 Å². The third-order valence-corrected chi connectivity index (χ3v) is 12.4. The molecule has 0 heterocycles. The van der Waals surface area contributed by atoms with Gasteiger partial charge in [0.15, 0.2) is 6.10 Å². The van der Waals surface area contributed by atoms with Crippen molar-refractivity contribution in [2.45, 2.75) is 238 Å². The van der Waals surface area contributed by atoms with Gasteiger partial charge < -0.3 is 20.1 Å². The number of carbonyl (C=O) groups is 2. The third-order valence-electron chi connectivity index (χ3n) is 11.5. The molecule has 3 N–H and O–H groups in total. The summed E-state index contributed by atoms with van der Waals surface area (Å²) in [5, 5.41) is 0. The van der Waals surface area contributed by atoms with Crippen LogP contribution in [0.4, 0.5) is 0 Å². The van der Waals surface area contributed by atoms with E-state index in [0.29, 0.717) is 12.8 Å². The van der Waals surface area contributed by atoms with Gasteiger partial charge in [-0.3, -0.25) is 18.6 Å². The minimum atomic E-state index is -4.40. The molecule has 9 nitrogen and oxygen atoms in total. The average molecular weight is 984 g/mol. The second-order valence-corrected chi connectivity index (χ2v) is 19.5. The number of phosphoric ester groups is 1. The van der Waals surface area contributed by atoms with E-state index in [9.17, 15) is 19.0 Å². The van der Waals surface area contributed by atoms with E-state index < -0.39 is 32.5 Å². The smallest absolute Gasteiger partial charge is 0.462 e. The topological polar surface area (TPSA) is 134 Å². The third kappa shape index (κ3) is 54.1. The van der Waals surface area contributed by atoms with Crippen molar-refractivity contribution in [3.8, 4) is 0 Å². The summed E-state index contributed by atoms with van der Waals surface area (Å²) in [6.45, 7) is 3.49. The molecular formula is C59H102NO8P. The predicted molar refractivity (Wildman–Crippen MR) is 293 cm³/mol. The molecule has 0 rings (SSSR count). The van der Waals surface area contributed by atoms with E-state index in [0.717, 1.165) is 96.3 Å². The minimum Gasteiger partial charge on any atom is -0.462 e. The number of phosphoric acid groups is 1. The predicted octanol–water partition coefficient (Wildman–Crippen LogP) is 17.3. The molecule has 0 aliphatic carbocycles. The van der Waals surface area contributed by atoms with E-state index in [-0.39, 0.29) is 32.6 Å². The van der Waals surface area contributed by atoms with Crippen LogP contribution < -0.4 is 5.73 Å². The van der Waals surface area contributed by atoms with Gasteiger partial charge in [0.25, 0.3) is 0 Å². The summed E-state index contributed by atoms with van der Waals surface area (Å²) >= 11 is 0. The molecule has 10 heteroatoms. The average Bonchev–Trinajstić information content (AvgIpc) is 3.34. The van der Waals surface area contributed by atoms with Gasteiger partial charge in [-0.15, -0.1) is 0 Å². The van der Waals surface area contributed by atoms with E-state index in [1.165, 1.54) is 96.3 Å². The molecule has 0 aromatic rings. The quantitative estimate of drug-likeness (QED) is 0.0264. The first-order chi connectivity index (χ1) is 33.8. The fraction of sp³-hybridized carbons (Fsp3) is 0.695. The Kier molecular flexibility index (Phi) is 51.9. The molecule has 396 valence electrons. The highest BCUT2D eigenvalue weighted by Crippen LogP contribution is 2.43. The first-order valence-electron chi connectivity index (χ1n) is 27.7. The van der Waals surface area contributed by atoms with Crippen molar-refractivity contribution >= 4 is 19.8 Å². The fourth-order valence-corrected chi connectivity index (χ4v) is 8.21. The Morgan fingerprint density at radius 1 is 0.435 bits per heavy atom. The van der Waals surface area contributed by atoms with E-state index in [1.54, 1.807) is 0 Å². The molecule has 0 bridgehead atoms. The molecule has 0 fully saturated rings. The van der Waals surface area contributed by atoms with Crippen LogP contribution >= 0.6 is 7.82 Å². The molecule has 0 aromatic carbocycles. The Hall–Kier alpha value is -3.07. The fourth-order valence-electron chi connectivity index (χ4n) is 7.44. The Morgan fingerprint density at radius 2 is 0.754 bits per heavy atom. The first kappa shape index (κ1) is 65.9. The molecule has 2 atom stereocenters. The summed E-state index contributed by atoms with van der Waals surface area (Å²) < 4.78 is 33.0. The van der Waals surface area contributed by atoms with Gasteiger partial charge in [0.05, 0.1) is 13.2 Å². The monoisotopic (exact) mass is 984 g/mol. The molecule has 0 amide bonds. The summed E-state index contributed by atoms with van der Waals surface area (Å²) in [4.78, 5) is 35.1. The maximum Gasteiger partial charge on any atom is 0.472 e. The number of nitrogens with two attached hydrogens (primary N) is 1. The zero-order valence-electron chi connectivity index (χ0n) is 44.0. The lowest BCUT2D eigenvalue weighted by Gasteiger charge is -2.19. The molecule has 69 heavy (non-hydrogen) atoms. The highest BCUT2D eigenvalue weighted by atomic mass is 31.2. The van der Waals surface area contributed by atoms with Crippen molar-refractivity contribution in [2.75, 3.05) is 26.4 Å². The van der Waals surface area contributed by atoms with Gasteiger partial charge in [-0.2, -0.15) is 0 Å². The van der Waals surface area contributed by atoms with Crippen LogP contribution in [0.5, 0.6) is 0 Å². The SMILES string of the molecule is CC/C=C\C/C=C\C/C=C\C/C=C\CCCCCCCCCCCCCCCCCCCCC(=O)OC(COC(=O)CCCCCC/C=C\C/C=C\C/C=C\C/C=C\CC)COP(=O)(O)OCCN. The molecule has 0 saturated heterocycles. The first-order valence-corrected chi connectivity index (χ1v) is 29.2. The number of ether oxygens (including phenoxy) is 2. The van der Waals surface area contributed by atoms with E-state index in [1.807, 2.05) is 0 Å². The van der Waals surface area contributed by atoms with Crippen molar-refractivity contribution in [3.05, 3.63) is 97.2 Å². The number of esters is 2. The Morgan fingerprint density at radius 3 is 1.12 bits per heavy atom. The largest absolute Gasteiger partial charge is 0.472 e. The van der Waals surface area contributed by atoms with E-state index in [4.69, 9.17) is 24.3 Å². The van der Waals surface area contributed by atoms with Crippen molar-refractivity contribution in [3.63, 3.8) is 0 Å². The number of rotatable bonds is 51. The van der Waals surface area contributed by atoms with Gasteiger partial charge in [-0.1, -0.05) is 227 Å². The van der Waals surface area contributed by atoms with Crippen LogP contribution in [0.1, 0.15) is 232 Å². The van der Waals surface area contributed by atoms with Gasteiger partial charge in [0.2, 0.25) is 0 Å². The van der Waals surface area contributed by atoms with Crippen LogP contribution in [-0.4, -0.2) is 49.3 Å². The molecule has 0 aromatic heterocycles. The summed E-state index contributed by atoms with van der Waals surface area (Å²) in [7, 11) is -4.40. The maximum absolute atomic E-state index is 12.7. The van der Waals surface area contributed by atoms with Gasteiger partial charge in [0.1, 0.15) is 6.61 Å². The molecular weight excluding hydrogens is 882 g/mol. The Bertz CT molecular complexity index is 1450. The molecule has 0 aliphatic rings. The van der Waals surface area contributed by atoms with Gasteiger partial charge in [0, 0.05) is 19.4 Å². The van der Waals surface area contributed by atoms with Crippen LogP contribution in [0.15, 0.2) is 97.2 Å². The van der Waals surface area contributed by atoms with E-state index in [2.05, 4.69) is 111 Å². The zero-order valence-corrected chi connectivity index (χ0v) is 44.9. The number of carbonyl (C=O) groups excluding carboxylic acids is 2. The summed E-state index contributed by atoms with van der Waals surface area (Å²) in [6.07, 6.45) is 71.8. The maximum atomic E-state index is 12.7. The van der Waals surface area contributed by atoms with Gasteiger partial charge in [-0.05, 0) is 89.9 Å². The van der Waals surface area contributed by atoms with E-state index >= 15 is 0 Å². The highest BCUT2D eigenvalue weighted by Gasteiger charge is 2.26. The van der Waals surface area contributed by atoms with Crippen molar-refractivity contribution in [1.82, 2.24) is 0 Å². The Balaban J connectivity index is 3.96. The van der Waals surface area contributed by atoms with Crippen LogP contribution in [0.2, 0.25) is 0 Å². The lowest BCUT2D eigenvalue weighted by atomic mass is 10.0. The van der Waals surface area contributed by atoms with Crippen LogP contribution in [0, 0.1) is 0 Å². The number of hydrogen-bond acceptors (Lipinski definition) is 8. The normalized spacial score (nSPS) is 13.9. The van der Waals surface area contributed by atoms with Crippen molar-refractivity contribution in [2.24, 2.45) is 5.73 Å². The molecule has 0 radical (unpaired) electrons. The van der Waals surface area contributed by atoms with Gasteiger partial charge >= 0.3 is 19.8 Å². The number of hydrogen-bond donors (Lipinski definition) is 2. The molecule has 2 unspecified atom stereocenters. The standard InChI is InChI=1S/C59H102NO8P/c1-3-5-7-9-11-13-15-17-19-21-22-23-24-25-26-27-28-29-30-31-32-33-34-36-38-40-42-44-46-48-50-52-59(62)68-57(56-67-69(63,64)66-54-53-60)55-65-58(61)51-49-47-45-43-41-39-37-35-20-18-16-14-12-10-8-6-4-2/h5-8,11-14,17-20,22-23,37,39,57H,3-4,9-10,15-16,21,24-36,38,40-56,60H2,1-2H3,(H,63,64)/b7-5-,8-6-,13-11-,14-12-,19-17-,20-18-,23-22-,39-37-. The lowest BCUT2D eigenvalue weighted by Crippen LogP contribution is -2.29. The number of allylic oxidation sites excluding steroid dienone is 16. The lowest BCUT2D eigenvalue weighted by molar-refractivity contribution is -0.161. The van der Waals surface area contributed by atoms with Crippen molar-refractivity contribution in [1.29, 1.82) is 0 Å². The molecule has 0 saturated carbocycles. The zero-order chi connectivity index (χ0) is 50.2. The highest BCUT2D eigenvalue weighted by molar-refractivity contribution is 7.47. The summed E-state index contributed by atoms with van der Waals surface area (Å²) in [6, 6.07) is 0. The second-order valence-electron chi connectivity index (χ2n) is 18.0. The summed E-state index contributed by atoms with van der Waals surface area (Å²) in [5.74, 6) is -0.855. The minimum absolute atomic E-state index is 0.0463. The van der Waals surface area contributed by atoms with Crippen LogP contribution in [0.3, 0.4) is 0 Å².